The molecule has 2 aliphatic rings. The van der Waals surface area contributed by atoms with Crippen LogP contribution in [0.5, 0.6) is 0 Å². The zero-order valence-corrected chi connectivity index (χ0v) is 11.8. The van der Waals surface area contributed by atoms with Crippen LogP contribution in [0, 0.1) is 0 Å². The van der Waals surface area contributed by atoms with Crippen molar-refractivity contribution in [1.29, 1.82) is 0 Å². The first kappa shape index (κ1) is 14.3. The molecule has 2 rings (SSSR count). The third-order valence-electron chi connectivity index (χ3n) is 4.14. The summed E-state index contributed by atoms with van der Waals surface area (Å²) in [5, 5.41) is 0. The highest BCUT2D eigenvalue weighted by Crippen LogP contribution is 2.20. The fourth-order valence-electron chi connectivity index (χ4n) is 3.05. The minimum absolute atomic E-state index is 0.475. The van der Waals surface area contributed by atoms with Crippen molar-refractivity contribution in [3.05, 3.63) is 0 Å². The molecule has 0 amide bonds. The van der Waals surface area contributed by atoms with Gasteiger partial charge in [-0.05, 0) is 58.8 Å². The molecule has 2 atom stereocenters. The maximum Gasteiger partial charge on any atom is 0.0706 e. The zero-order chi connectivity index (χ0) is 12.8. The summed E-state index contributed by atoms with van der Waals surface area (Å²) in [4.78, 5) is 5.15. The number of rotatable bonds is 5. The van der Waals surface area contributed by atoms with Crippen LogP contribution in [0.2, 0.25) is 0 Å². The second kappa shape index (κ2) is 7.43. The standard InChI is InChI=1S/C14H29N3O/c1-13-4-5-14(18-13)12-17-9-3-8-16(10-11-17)7-2-6-15/h13-14H,2-12,15H2,1H3. The van der Waals surface area contributed by atoms with Crippen molar-refractivity contribution in [2.24, 2.45) is 5.73 Å². The van der Waals surface area contributed by atoms with Gasteiger partial charge in [-0.2, -0.15) is 0 Å². The van der Waals surface area contributed by atoms with Crippen molar-refractivity contribution in [3.63, 3.8) is 0 Å². The van der Waals surface area contributed by atoms with Crippen molar-refractivity contribution in [2.45, 2.75) is 44.8 Å². The molecule has 0 radical (unpaired) electrons. The second-order valence-corrected chi connectivity index (χ2v) is 5.78. The fourth-order valence-corrected chi connectivity index (χ4v) is 3.05. The van der Waals surface area contributed by atoms with E-state index >= 15 is 0 Å². The van der Waals surface area contributed by atoms with Gasteiger partial charge in [0.15, 0.2) is 0 Å². The average molecular weight is 255 g/mol. The first-order chi connectivity index (χ1) is 8.78. The van der Waals surface area contributed by atoms with Crippen molar-refractivity contribution in [2.75, 3.05) is 45.8 Å². The van der Waals surface area contributed by atoms with E-state index in [9.17, 15) is 0 Å². The van der Waals surface area contributed by atoms with Crippen LogP contribution < -0.4 is 5.73 Å². The van der Waals surface area contributed by atoms with Crippen LogP contribution in [0.1, 0.15) is 32.6 Å². The van der Waals surface area contributed by atoms with Gasteiger partial charge in [0.05, 0.1) is 12.2 Å². The van der Waals surface area contributed by atoms with Crippen molar-refractivity contribution in [3.8, 4) is 0 Å². The number of nitrogens with two attached hydrogens (primary N) is 1. The summed E-state index contributed by atoms with van der Waals surface area (Å²) in [5.41, 5.74) is 5.58. The maximum atomic E-state index is 5.92. The Bertz CT molecular complexity index is 237. The third kappa shape index (κ3) is 4.50. The molecule has 2 saturated heterocycles. The molecule has 0 aromatic carbocycles. The van der Waals surface area contributed by atoms with Crippen LogP contribution in [0.25, 0.3) is 0 Å². The molecule has 18 heavy (non-hydrogen) atoms. The Kier molecular flexibility index (Phi) is 5.89. The quantitative estimate of drug-likeness (QED) is 0.793. The Labute approximate surface area is 111 Å². The summed E-state index contributed by atoms with van der Waals surface area (Å²) in [6.07, 6.45) is 5.85. The summed E-state index contributed by atoms with van der Waals surface area (Å²) in [6.45, 7) is 10.2. The van der Waals surface area contributed by atoms with Crippen LogP contribution in [-0.4, -0.2) is 67.8 Å². The monoisotopic (exact) mass is 255 g/mol. The van der Waals surface area contributed by atoms with Gasteiger partial charge in [0, 0.05) is 19.6 Å². The molecule has 0 saturated carbocycles. The molecule has 4 nitrogen and oxygen atoms in total. The van der Waals surface area contributed by atoms with E-state index in [4.69, 9.17) is 10.5 Å². The van der Waals surface area contributed by atoms with Gasteiger partial charge in [-0.25, -0.2) is 0 Å². The van der Waals surface area contributed by atoms with Crippen molar-refractivity contribution >= 4 is 0 Å². The lowest BCUT2D eigenvalue weighted by atomic mass is 10.2. The lowest BCUT2D eigenvalue weighted by molar-refractivity contribution is 0.0322. The highest BCUT2D eigenvalue weighted by atomic mass is 16.5. The minimum atomic E-state index is 0.475. The van der Waals surface area contributed by atoms with E-state index in [0.717, 1.165) is 19.5 Å². The molecule has 0 bridgehead atoms. The van der Waals surface area contributed by atoms with E-state index < -0.39 is 0 Å². The van der Waals surface area contributed by atoms with Gasteiger partial charge in [0.1, 0.15) is 0 Å². The molecule has 106 valence electrons. The van der Waals surface area contributed by atoms with Gasteiger partial charge in [0.25, 0.3) is 0 Å². The Morgan fingerprint density at radius 1 is 1.11 bits per heavy atom. The van der Waals surface area contributed by atoms with Gasteiger partial charge in [-0.3, -0.25) is 4.90 Å². The molecule has 2 aliphatic heterocycles. The predicted molar refractivity (Wildman–Crippen MR) is 74.7 cm³/mol. The normalized spacial score (nSPS) is 31.7. The van der Waals surface area contributed by atoms with Crippen LogP contribution in [0.15, 0.2) is 0 Å². The summed E-state index contributed by atoms with van der Waals surface area (Å²) in [7, 11) is 0. The predicted octanol–water partition coefficient (Wildman–Crippen LogP) is 0.910. The van der Waals surface area contributed by atoms with E-state index in [0.29, 0.717) is 12.2 Å². The van der Waals surface area contributed by atoms with Crippen LogP contribution >= 0.6 is 0 Å². The molecule has 2 heterocycles. The highest BCUT2D eigenvalue weighted by molar-refractivity contribution is 4.77. The molecule has 0 aliphatic carbocycles. The highest BCUT2D eigenvalue weighted by Gasteiger charge is 2.24. The van der Waals surface area contributed by atoms with Crippen LogP contribution in [0.3, 0.4) is 0 Å². The first-order valence-electron chi connectivity index (χ1n) is 7.58. The molecule has 2 fully saturated rings. The Morgan fingerprint density at radius 2 is 1.89 bits per heavy atom. The van der Waals surface area contributed by atoms with Crippen molar-refractivity contribution in [1.82, 2.24) is 9.80 Å². The molecule has 2 unspecified atom stereocenters. The number of hydrogen-bond donors (Lipinski definition) is 1. The lowest BCUT2D eigenvalue weighted by Gasteiger charge is -2.24. The van der Waals surface area contributed by atoms with E-state index in [1.807, 2.05) is 0 Å². The van der Waals surface area contributed by atoms with Gasteiger partial charge in [-0.15, -0.1) is 0 Å². The molecule has 0 aromatic heterocycles. The smallest absolute Gasteiger partial charge is 0.0706 e. The molecule has 0 spiro atoms. The summed E-state index contributed by atoms with van der Waals surface area (Å²) < 4.78 is 5.92. The summed E-state index contributed by atoms with van der Waals surface area (Å²) >= 11 is 0. The molecule has 0 aromatic rings. The van der Waals surface area contributed by atoms with E-state index in [1.165, 1.54) is 52.0 Å². The fraction of sp³-hybridized carbons (Fsp3) is 1.00. The van der Waals surface area contributed by atoms with Gasteiger partial charge < -0.3 is 15.4 Å². The molecule has 4 heteroatoms. The number of nitrogens with zero attached hydrogens (tertiary/aromatic N) is 2. The Morgan fingerprint density at radius 3 is 2.61 bits per heavy atom. The molecular weight excluding hydrogens is 226 g/mol. The number of hydrogen-bond acceptors (Lipinski definition) is 4. The van der Waals surface area contributed by atoms with E-state index in [1.54, 1.807) is 0 Å². The summed E-state index contributed by atoms with van der Waals surface area (Å²) in [5.74, 6) is 0. The van der Waals surface area contributed by atoms with Crippen LogP contribution in [0.4, 0.5) is 0 Å². The first-order valence-corrected chi connectivity index (χ1v) is 7.58. The third-order valence-corrected chi connectivity index (χ3v) is 4.14. The van der Waals surface area contributed by atoms with E-state index in [-0.39, 0.29) is 0 Å². The SMILES string of the molecule is CC1CCC(CN2CCCN(CCCN)CC2)O1. The topological polar surface area (TPSA) is 41.7 Å². The zero-order valence-electron chi connectivity index (χ0n) is 11.8. The van der Waals surface area contributed by atoms with Gasteiger partial charge >= 0.3 is 0 Å². The molecule has 2 N–H and O–H groups in total. The van der Waals surface area contributed by atoms with Crippen LogP contribution in [-0.2, 0) is 4.74 Å². The summed E-state index contributed by atoms with van der Waals surface area (Å²) in [6, 6.07) is 0. The number of ether oxygens (including phenoxy) is 1. The lowest BCUT2D eigenvalue weighted by Crippen LogP contribution is -2.36. The van der Waals surface area contributed by atoms with Crippen molar-refractivity contribution < 1.29 is 4.74 Å². The van der Waals surface area contributed by atoms with Gasteiger partial charge in [0.2, 0.25) is 0 Å². The van der Waals surface area contributed by atoms with Gasteiger partial charge in [-0.1, -0.05) is 0 Å². The Balaban J connectivity index is 1.68. The van der Waals surface area contributed by atoms with E-state index in [2.05, 4.69) is 16.7 Å². The molecular formula is C14H29N3O. The second-order valence-electron chi connectivity index (χ2n) is 5.78. The maximum absolute atomic E-state index is 5.92. The minimum Gasteiger partial charge on any atom is -0.374 e. The average Bonchev–Trinajstić information content (AvgIpc) is 2.63. The largest absolute Gasteiger partial charge is 0.374 e. The Hall–Kier alpha value is -0.160.